The van der Waals surface area contributed by atoms with Gasteiger partial charge in [-0.3, -0.25) is 4.79 Å². The first kappa shape index (κ1) is 8.93. The highest BCUT2D eigenvalue weighted by atomic mass is 35.5. The number of hydrogen-bond donors (Lipinski definition) is 0. The molecular weight excluding hydrogens is 185 g/mol. The average Bonchev–Trinajstić information content (AvgIpc) is 1.94. The summed E-state index contributed by atoms with van der Waals surface area (Å²) < 4.78 is 17.2. The number of pyridine rings is 1. The molecule has 12 heavy (non-hydrogen) atoms. The van der Waals surface area contributed by atoms with E-state index in [-0.39, 0.29) is 10.9 Å². The van der Waals surface area contributed by atoms with Crippen molar-refractivity contribution in [2.45, 2.75) is 6.92 Å². The Bertz CT molecular complexity index is 316. The van der Waals surface area contributed by atoms with E-state index in [1.54, 1.807) is 0 Å². The maximum absolute atomic E-state index is 12.8. The Morgan fingerprint density at radius 1 is 1.75 bits per heavy atom. The van der Waals surface area contributed by atoms with Gasteiger partial charge in [-0.05, 0) is 6.07 Å². The van der Waals surface area contributed by atoms with Crippen LogP contribution < -0.4 is 4.74 Å². The van der Waals surface area contributed by atoms with Gasteiger partial charge in [0.2, 0.25) is 0 Å². The molecule has 0 unspecified atom stereocenters. The summed E-state index contributed by atoms with van der Waals surface area (Å²) in [5.41, 5.74) is 0. The van der Waals surface area contributed by atoms with Crippen LogP contribution in [0.4, 0.5) is 4.39 Å². The minimum atomic E-state index is -0.752. The molecule has 0 saturated heterocycles. The first-order chi connectivity index (χ1) is 5.59. The number of rotatable bonds is 1. The summed E-state index contributed by atoms with van der Waals surface area (Å²) in [7, 11) is 0. The molecule has 0 amide bonds. The highest BCUT2D eigenvalue weighted by molar-refractivity contribution is 6.30. The van der Waals surface area contributed by atoms with E-state index in [1.807, 2.05) is 0 Å². The molecule has 0 radical (unpaired) electrons. The van der Waals surface area contributed by atoms with Crippen LogP contribution in [0.25, 0.3) is 0 Å². The third kappa shape index (κ3) is 2.17. The lowest BCUT2D eigenvalue weighted by atomic mass is 10.4. The molecule has 1 rings (SSSR count). The Balaban J connectivity index is 2.93. The molecule has 0 N–H and O–H groups in total. The number of esters is 1. The monoisotopic (exact) mass is 189 g/mol. The van der Waals surface area contributed by atoms with Crippen LogP contribution in [0.2, 0.25) is 5.02 Å². The summed E-state index contributed by atoms with van der Waals surface area (Å²) in [6.45, 7) is 1.16. The van der Waals surface area contributed by atoms with Crippen molar-refractivity contribution in [2.75, 3.05) is 0 Å². The van der Waals surface area contributed by atoms with Gasteiger partial charge >= 0.3 is 5.97 Å². The number of carbonyl (C=O) groups is 1. The van der Waals surface area contributed by atoms with Gasteiger partial charge in [0.15, 0.2) is 5.82 Å². The molecule has 3 nitrogen and oxygen atoms in total. The van der Waals surface area contributed by atoms with Crippen LogP contribution in [0, 0.1) is 5.82 Å². The predicted octanol–water partition coefficient (Wildman–Crippen LogP) is 1.80. The van der Waals surface area contributed by atoms with Crippen LogP contribution in [0.5, 0.6) is 5.88 Å². The van der Waals surface area contributed by atoms with Crippen LogP contribution in [-0.4, -0.2) is 11.0 Å². The molecule has 0 bridgehead atoms. The van der Waals surface area contributed by atoms with Gasteiger partial charge in [-0.15, -0.1) is 0 Å². The molecule has 0 aliphatic rings. The number of aromatic nitrogens is 1. The van der Waals surface area contributed by atoms with Gasteiger partial charge in [0, 0.05) is 13.1 Å². The predicted molar refractivity (Wildman–Crippen MR) is 40.5 cm³/mol. The van der Waals surface area contributed by atoms with E-state index in [2.05, 4.69) is 9.72 Å². The number of ether oxygens (including phenoxy) is 1. The van der Waals surface area contributed by atoms with Gasteiger partial charge in [0.1, 0.15) is 0 Å². The summed E-state index contributed by atoms with van der Waals surface area (Å²) in [6, 6.07) is 1.02. The van der Waals surface area contributed by atoms with Crippen molar-refractivity contribution < 1.29 is 13.9 Å². The molecule has 0 atom stereocenters. The van der Waals surface area contributed by atoms with Crippen LogP contribution in [0.15, 0.2) is 12.3 Å². The highest BCUT2D eigenvalue weighted by Crippen LogP contribution is 2.17. The third-order valence-corrected chi connectivity index (χ3v) is 1.22. The van der Waals surface area contributed by atoms with E-state index < -0.39 is 11.8 Å². The van der Waals surface area contributed by atoms with Crippen molar-refractivity contribution in [2.24, 2.45) is 0 Å². The minimum Gasteiger partial charge on any atom is -0.404 e. The quantitative estimate of drug-likeness (QED) is 0.633. The molecule has 0 spiro atoms. The average molecular weight is 190 g/mol. The smallest absolute Gasteiger partial charge is 0.309 e. The largest absolute Gasteiger partial charge is 0.404 e. The second-order valence-corrected chi connectivity index (χ2v) is 2.47. The van der Waals surface area contributed by atoms with E-state index in [1.165, 1.54) is 6.20 Å². The van der Waals surface area contributed by atoms with E-state index in [9.17, 15) is 9.18 Å². The van der Waals surface area contributed by atoms with Crippen molar-refractivity contribution in [3.8, 4) is 5.88 Å². The molecule has 5 heteroatoms. The molecule has 0 aliphatic heterocycles. The standard InChI is InChI=1S/C7H5ClFNO2/c1-4(11)12-7-6(9)2-5(8)3-10-7/h2-3H,1H3. The third-order valence-electron chi connectivity index (χ3n) is 1.01. The first-order valence-electron chi connectivity index (χ1n) is 3.09. The first-order valence-corrected chi connectivity index (χ1v) is 3.47. The molecule has 0 saturated carbocycles. The van der Waals surface area contributed by atoms with Crippen molar-refractivity contribution in [3.63, 3.8) is 0 Å². The van der Waals surface area contributed by atoms with E-state index in [0.717, 1.165) is 13.0 Å². The zero-order valence-electron chi connectivity index (χ0n) is 6.17. The minimum absolute atomic E-state index is 0.156. The Morgan fingerprint density at radius 3 is 2.92 bits per heavy atom. The van der Waals surface area contributed by atoms with Gasteiger partial charge < -0.3 is 4.74 Å². The molecule has 64 valence electrons. The van der Waals surface area contributed by atoms with E-state index in [0.29, 0.717) is 0 Å². The Morgan fingerprint density at radius 2 is 2.42 bits per heavy atom. The van der Waals surface area contributed by atoms with E-state index >= 15 is 0 Å². The Labute approximate surface area is 73.1 Å². The molecule has 1 heterocycles. The van der Waals surface area contributed by atoms with Gasteiger partial charge in [-0.1, -0.05) is 11.6 Å². The van der Waals surface area contributed by atoms with Gasteiger partial charge in [0.25, 0.3) is 5.88 Å². The van der Waals surface area contributed by atoms with Gasteiger partial charge in [-0.2, -0.15) is 0 Å². The fraction of sp³-hybridized carbons (Fsp3) is 0.143. The van der Waals surface area contributed by atoms with Gasteiger partial charge in [0.05, 0.1) is 5.02 Å². The molecule has 0 aromatic carbocycles. The summed E-state index contributed by atoms with van der Waals surface area (Å²) in [5, 5.41) is 0.156. The normalized spacial score (nSPS) is 9.58. The maximum Gasteiger partial charge on any atom is 0.309 e. The van der Waals surface area contributed by atoms with Crippen molar-refractivity contribution in [3.05, 3.63) is 23.1 Å². The number of carbonyl (C=O) groups excluding carboxylic acids is 1. The Kier molecular flexibility index (Phi) is 2.60. The van der Waals surface area contributed by atoms with Gasteiger partial charge in [-0.25, -0.2) is 9.37 Å². The summed E-state index contributed by atoms with van der Waals surface area (Å²) in [5.74, 6) is -1.73. The SMILES string of the molecule is CC(=O)Oc1ncc(Cl)cc1F. The summed E-state index contributed by atoms with van der Waals surface area (Å²) in [4.78, 5) is 13.9. The molecule has 0 fully saturated rings. The van der Waals surface area contributed by atoms with Crippen molar-refractivity contribution in [1.82, 2.24) is 4.98 Å². The fourth-order valence-corrected chi connectivity index (χ4v) is 0.758. The maximum atomic E-state index is 12.8. The number of nitrogens with zero attached hydrogens (tertiary/aromatic N) is 1. The molecule has 1 aromatic heterocycles. The summed E-state index contributed by atoms with van der Waals surface area (Å²) >= 11 is 5.41. The van der Waals surface area contributed by atoms with Crippen LogP contribution >= 0.6 is 11.6 Å². The van der Waals surface area contributed by atoms with Crippen molar-refractivity contribution in [1.29, 1.82) is 0 Å². The van der Waals surface area contributed by atoms with Crippen LogP contribution in [0.3, 0.4) is 0 Å². The zero-order valence-corrected chi connectivity index (χ0v) is 6.93. The van der Waals surface area contributed by atoms with Crippen LogP contribution in [-0.2, 0) is 4.79 Å². The topological polar surface area (TPSA) is 39.2 Å². The molecule has 1 aromatic rings. The number of halogens is 2. The molecule has 0 aliphatic carbocycles. The Hall–Kier alpha value is -1.16. The lowest BCUT2D eigenvalue weighted by molar-refractivity contribution is -0.132. The second kappa shape index (κ2) is 3.49. The number of hydrogen-bond acceptors (Lipinski definition) is 3. The van der Waals surface area contributed by atoms with E-state index in [4.69, 9.17) is 11.6 Å². The lowest BCUT2D eigenvalue weighted by Gasteiger charge is -2.00. The summed E-state index contributed by atoms with van der Waals surface area (Å²) in [6.07, 6.45) is 1.20. The lowest BCUT2D eigenvalue weighted by Crippen LogP contribution is -2.04. The fourth-order valence-electron chi connectivity index (χ4n) is 0.613. The molecular formula is C7H5ClFNO2. The van der Waals surface area contributed by atoms with Crippen LogP contribution in [0.1, 0.15) is 6.92 Å². The van der Waals surface area contributed by atoms with Crippen molar-refractivity contribution >= 4 is 17.6 Å². The zero-order chi connectivity index (χ0) is 9.14. The highest BCUT2D eigenvalue weighted by Gasteiger charge is 2.07. The second-order valence-electron chi connectivity index (χ2n) is 2.03.